The standard InChI is InChI=1S/C56H100O6/c1-4-7-10-13-16-19-22-25-27-29-31-34-37-40-43-46-49-55(58)61-52-53(51-60-54(57)48-45-42-39-36-33-30-24-21-18-15-12-9-6-3)62-56(59)50-47-44-41-38-35-32-28-26-23-20-17-14-11-8-5-2/h9,12,15,18,20-21,23-24,53H,4-8,10-11,13-14,16-17,19,22,25-52H2,1-3H3/b12-9-,18-15-,23-20-,24-21-. The molecule has 1 atom stereocenters. The predicted molar refractivity (Wildman–Crippen MR) is 265 cm³/mol. The molecule has 0 aliphatic heterocycles. The van der Waals surface area contributed by atoms with Crippen molar-refractivity contribution in [3.05, 3.63) is 48.6 Å². The second kappa shape index (κ2) is 51.0. The van der Waals surface area contributed by atoms with Crippen LogP contribution < -0.4 is 0 Å². The lowest BCUT2D eigenvalue weighted by Gasteiger charge is -2.18. The predicted octanol–water partition coefficient (Wildman–Crippen LogP) is 17.5. The van der Waals surface area contributed by atoms with Crippen molar-refractivity contribution in [1.29, 1.82) is 0 Å². The van der Waals surface area contributed by atoms with E-state index in [-0.39, 0.29) is 31.1 Å². The van der Waals surface area contributed by atoms with Crippen molar-refractivity contribution in [2.75, 3.05) is 13.2 Å². The van der Waals surface area contributed by atoms with E-state index in [1.165, 1.54) is 148 Å². The summed E-state index contributed by atoms with van der Waals surface area (Å²) in [5.41, 5.74) is 0. The Morgan fingerprint density at radius 3 is 1.03 bits per heavy atom. The lowest BCUT2D eigenvalue weighted by Crippen LogP contribution is -2.30. The first kappa shape index (κ1) is 59.4. The number of unbranched alkanes of at least 4 members (excludes halogenated alkanes) is 31. The molecule has 0 radical (unpaired) electrons. The van der Waals surface area contributed by atoms with Gasteiger partial charge in [-0.2, -0.15) is 0 Å². The van der Waals surface area contributed by atoms with E-state index in [4.69, 9.17) is 14.2 Å². The molecule has 1 unspecified atom stereocenters. The minimum absolute atomic E-state index is 0.0789. The largest absolute Gasteiger partial charge is 0.462 e. The molecule has 360 valence electrons. The zero-order valence-electron chi connectivity index (χ0n) is 41.1. The van der Waals surface area contributed by atoms with Gasteiger partial charge in [0.05, 0.1) is 0 Å². The monoisotopic (exact) mass is 869 g/mol. The number of ether oxygens (including phenoxy) is 3. The molecular weight excluding hydrogens is 769 g/mol. The molecular formula is C56H100O6. The summed E-state index contributed by atoms with van der Waals surface area (Å²) in [6, 6.07) is 0. The molecule has 0 aromatic rings. The Morgan fingerprint density at radius 2 is 0.645 bits per heavy atom. The maximum absolute atomic E-state index is 12.8. The Balaban J connectivity index is 4.37. The summed E-state index contributed by atoms with van der Waals surface area (Å²) < 4.78 is 16.8. The number of allylic oxidation sites excluding steroid dienone is 8. The molecule has 0 aliphatic rings. The maximum atomic E-state index is 12.8. The summed E-state index contributed by atoms with van der Waals surface area (Å²) in [6.45, 7) is 6.50. The Hall–Kier alpha value is -2.63. The second-order valence-corrected chi connectivity index (χ2v) is 17.8. The van der Waals surface area contributed by atoms with E-state index in [1.807, 2.05) is 0 Å². The number of esters is 3. The molecule has 6 nitrogen and oxygen atoms in total. The van der Waals surface area contributed by atoms with Crippen molar-refractivity contribution in [3.8, 4) is 0 Å². The summed E-state index contributed by atoms with van der Waals surface area (Å²) in [7, 11) is 0. The van der Waals surface area contributed by atoms with Crippen LogP contribution in [0.1, 0.15) is 271 Å². The SMILES string of the molecule is CC\C=C/C=C\C=C/CCCCCCCC(=O)OCC(COC(=O)CCCCCCCCCCCCCCCCCC)OC(=O)CCCCCCCCC/C=C\CCCCCC. The average Bonchev–Trinajstić information content (AvgIpc) is 3.27. The molecule has 0 N–H and O–H groups in total. The fraction of sp³-hybridized carbons (Fsp3) is 0.804. The van der Waals surface area contributed by atoms with E-state index < -0.39 is 6.10 Å². The van der Waals surface area contributed by atoms with E-state index in [0.717, 1.165) is 83.5 Å². The van der Waals surface area contributed by atoms with Crippen molar-refractivity contribution in [2.24, 2.45) is 0 Å². The van der Waals surface area contributed by atoms with Gasteiger partial charge < -0.3 is 14.2 Å². The normalized spacial score (nSPS) is 12.4. The van der Waals surface area contributed by atoms with Gasteiger partial charge in [-0.25, -0.2) is 0 Å². The summed E-state index contributed by atoms with van der Waals surface area (Å²) in [5, 5.41) is 0. The Kier molecular flexibility index (Phi) is 48.8. The van der Waals surface area contributed by atoms with Crippen molar-refractivity contribution < 1.29 is 28.6 Å². The van der Waals surface area contributed by atoms with E-state index in [1.54, 1.807) is 0 Å². The summed E-state index contributed by atoms with van der Waals surface area (Å²) in [4.78, 5) is 38.0. The molecule has 6 heteroatoms. The first-order valence-electron chi connectivity index (χ1n) is 26.7. The highest BCUT2D eigenvalue weighted by Crippen LogP contribution is 2.16. The van der Waals surface area contributed by atoms with Gasteiger partial charge in [0, 0.05) is 19.3 Å². The fourth-order valence-electron chi connectivity index (χ4n) is 7.61. The third-order valence-electron chi connectivity index (χ3n) is 11.6. The summed E-state index contributed by atoms with van der Waals surface area (Å²) in [6.07, 6.45) is 60.9. The topological polar surface area (TPSA) is 78.9 Å². The van der Waals surface area contributed by atoms with E-state index >= 15 is 0 Å². The number of hydrogen-bond donors (Lipinski definition) is 0. The lowest BCUT2D eigenvalue weighted by atomic mass is 10.0. The molecule has 0 fully saturated rings. The van der Waals surface area contributed by atoms with E-state index in [9.17, 15) is 14.4 Å². The van der Waals surface area contributed by atoms with Crippen LogP contribution in [0.15, 0.2) is 48.6 Å². The van der Waals surface area contributed by atoms with Crippen LogP contribution in [0, 0.1) is 0 Å². The highest BCUT2D eigenvalue weighted by molar-refractivity contribution is 5.71. The average molecular weight is 869 g/mol. The third-order valence-corrected chi connectivity index (χ3v) is 11.6. The van der Waals surface area contributed by atoms with Gasteiger partial charge in [-0.05, 0) is 64.2 Å². The fourth-order valence-corrected chi connectivity index (χ4v) is 7.61. The van der Waals surface area contributed by atoms with Gasteiger partial charge in [0.1, 0.15) is 13.2 Å². The van der Waals surface area contributed by atoms with Crippen LogP contribution in [0.5, 0.6) is 0 Å². The van der Waals surface area contributed by atoms with Crippen LogP contribution in [0.3, 0.4) is 0 Å². The van der Waals surface area contributed by atoms with Crippen LogP contribution in [0.4, 0.5) is 0 Å². The number of rotatable bonds is 48. The van der Waals surface area contributed by atoms with Gasteiger partial charge in [0.2, 0.25) is 0 Å². The molecule has 0 saturated heterocycles. The van der Waals surface area contributed by atoms with Gasteiger partial charge in [0.15, 0.2) is 6.10 Å². The van der Waals surface area contributed by atoms with Gasteiger partial charge in [0.25, 0.3) is 0 Å². The maximum Gasteiger partial charge on any atom is 0.306 e. The Morgan fingerprint density at radius 1 is 0.339 bits per heavy atom. The van der Waals surface area contributed by atoms with Crippen LogP contribution in [-0.2, 0) is 28.6 Å². The molecule has 0 rings (SSSR count). The Labute approximate surface area is 384 Å². The zero-order valence-corrected chi connectivity index (χ0v) is 41.1. The van der Waals surface area contributed by atoms with Crippen molar-refractivity contribution in [3.63, 3.8) is 0 Å². The van der Waals surface area contributed by atoms with Gasteiger partial charge in [-0.1, -0.05) is 236 Å². The lowest BCUT2D eigenvalue weighted by molar-refractivity contribution is -0.167. The minimum Gasteiger partial charge on any atom is -0.462 e. The smallest absolute Gasteiger partial charge is 0.306 e. The minimum atomic E-state index is -0.780. The van der Waals surface area contributed by atoms with Crippen molar-refractivity contribution in [1.82, 2.24) is 0 Å². The molecule has 62 heavy (non-hydrogen) atoms. The number of carbonyl (C=O) groups excluding carboxylic acids is 3. The van der Waals surface area contributed by atoms with Crippen LogP contribution in [-0.4, -0.2) is 37.2 Å². The van der Waals surface area contributed by atoms with Gasteiger partial charge >= 0.3 is 17.9 Å². The first-order chi connectivity index (χ1) is 30.5. The number of hydrogen-bond acceptors (Lipinski definition) is 6. The molecule has 0 aromatic heterocycles. The van der Waals surface area contributed by atoms with Crippen LogP contribution >= 0.6 is 0 Å². The van der Waals surface area contributed by atoms with Crippen LogP contribution in [0.25, 0.3) is 0 Å². The molecule has 0 heterocycles. The molecule has 0 aliphatic carbocycles. The number of carbonyl (C=O) groups is 3. The first-order valence-corrected chi connectivity index (χ1v) is 26.7. The zero-order chi connectivity index (χ0) is 45.1. The molecule has 0 saturated carbocycles. The third kappa shape index (κ3) is 48.4. The van der Waals surface area contributed by atoms with Crippen LogP contribution in [0.2, 0.25) is 0 Å². The molecule has 0 amide bonds. The molecule has 0 aromatic carbocycles. The highest BCUT2D eigenvalue weighted by atomic mass is 16.6. The van der Waals surface area contributed by atoms with Gasteiger partial charge in [-0.3, -0.25) is 14.4 Å². The van der Waals surface area contributed by atoms with E-state index in [0.29, 0.717) is 19.3 Å². The summed E-state index contributed by atoms with van der Waals surface area (Å²) >= 11 is 0. The molecule has 0 bridgehead atoms. The van der Waals surface area contributed by atoms with Crippen molar-refractivity contribution in [2.45, 2.75) is 277 Å². The molecule has 0 spiro atoms. The second-order valence-electron chi connectivity index (χ2n) is 17.8. The van der Waals surface area contributed by atoms with Crippen molar-refractivity contribution >= 4 is 17.9 Å². The quantitative estimate of drug-likeness (QED) is 0.0199. The van der Waals surface area contributed by atoms with Gasteiger partial charge in [-0.15, -0.1) is 0 Å². The van der Waals surface area contributed by atoms with E-state index in [2.05, 4.69) is 69.4 Å². The Bertz CT molecular complexity index is 1090. The summed E-state index contributed by atoms with van der Waals surface area (Å²) in [5.74, 6) is -0.895. The highest BCUT2D eigenvalue weighted by Gasteiger charge is 2.19.